The van der Waals surface area contributed by atoms with Crippen LogP contribution < -0.4 is 10.6 Å². The lowest BCUT2D eigenvalue weighted by atomic mass is 9.58. The number of carbonyl (C=O) groups excluding carboxylic acids is 1. The van der Waals surface area contributed by atoms with Crippen molar-refractivity contribution in [2.45, 2.75) is 65.0 Å². The average molecular weight is 282 g/mol. The molecule has 4 heteroatoms. The lowest BCUT2D eigenvalue weighted by molar-refractivity contribution is -0.148. The summed E-state index contributed by atoms with van der Waals surface area (Å²) < 4.78 is 5.84. The Balaban J connectivity index is 1.77. The van der Waals surface area contributed by atoms with Crippen LogP contribution in [0.5, 0.6) is 0 Å². The van der Waals surface area contributed by atoms with Gasteiger partial charge in [-0.1, -0.05) is 13.8 Å². The fourth-order valence-electron chi connectivity index (χ4n) is 3.54. The van der Waals surface area contributed by atoms with Crippen LogP contribution in [0.3, 0.4) is 0 Å². The van der Waals surface area contributed by atoms with E-state index >= 15 is 0 Å². The molecule has 2 rings (SSSR count). The van der Waals surface area contributed by atoms with E-state index in [0.717, 1.165) is 38.3 Å². The van der Waals surface area contributed by atoms with E-state index in [1.807, 2.05) is 6.92 Å². The predicted octanol–water partition coefficient (Wildman–Crippen LogP) is 2.09. The van der Waals surface area contributed by atoms with Gasteiger partial charge in [0.2, 0.25) is 5.91 Å². The van der Waals surface area contributed by atoms with Gasteiger partial charge in [0.05, 0.1) is 12.6 Å². The van der Waals surface area contributed by atoms with Crippen LogP contribution in [-0.2, 0) is 9.53 Å². The molecule has 2 atom stereocenters. The van der Waals surface area contributed by atoms with Crippen molar-refractivity contribution in [3.05, 3.63) is 0 Å². The van der Waals surface area contributed by atoms with Gasteiger partial charge in [-0.05, 0) is 51.5 Å². The lowest BCUT2D eigenvalue weighted by Gasteiger charge is -2.55. The minimum Gasteiger partial charge on any atom is -0.378 e. The fraction of sp³-hybridized carbons (Fsp3) is 0.938. The van der Waals surface area contributed by atoms with Crippen LogP contribution in [-0.4, -0.2) is 37.7 Å². The van der Waals surface area contributed by atoms with Crippen LogP contribution in [0.15, 0.2) is 0 Å². The highest BCUT2D eigenvalue weighted by Gasteiger charge is 2.53. The summed E-state index contributed by atoms with van der Waals surface area (Å²) in [7, 11) is 0. The molecule has 2 aliphatic rings. The highest BCUT2D eigenvalue weighted by molar-refractivity contribution is 5.78. The first kappa shape index (κ1) is 15.8. The van der Waals surface area contributed by atoms with Gasteiger partial charge in [0.15, 0.2) is 0 Å². The minimum atomic E-state index is 0.136. The first-order valence-electron chi connectivity index (χ1n) is 8.27. The third kappa shape index (κ3) is 3.34. The average Bonchev–Trinajstić information content (AvgIpc) is 3.23. The van der Waals surface area contributed by atoms with Gasteiger partial charge in [-0.3, -0.25) is 4.79 Å². The summed E-state index contributed by atoms with van der Waals surface area (Å²) in [5.74, 6) is 0.955. The summed E-state index contributed by atoms with van der Waals surface area (Å²) in [5, 5.41) is 6.47. The molecule has 116 valence electrons. The molecule has 0 spiro atoms. The van der Waals surface area contributed by atoms with E-state index in [4.69, 9.17) is 4.74 Å². The molecule has 20 heavy (non-hydrogen) atoms. The molecule has 0 bridgehead atoms. The van der Waals surface area contributed by atoms with Crippen molar-refractivity contribution < 1.29 is 9.53 Å². The Labute approximate surface area is 123 Å². The van der Waals surface area contributed by atoms with E-state index in [9.17, 15) is 4.79 Å². The quantitative estimate of drug-likeness (QED) is 0.681. The number of hydrogen-bond donors (Lipinski definition) is 2. The molecule has 0 aromatic rings. The maximum Gasteiger partial charge on any atom is 0.234 e. The zero-order valence-electron chi connectivity index (χ0n) is 13.2. The molecular formula is C16H30N2O2. The van der Waals surface area contributed by atoms with E-state index in [2.05, 4.69) is 24.5 Å². The van der Waals surface area contributed by atoms with Gasteiger partial charge in [-0.25, -0.2) is 0 Å². The van der Waals surface area contributed by atoms with Gasteiger partial charge in [0.25, 0.3) is 0 Å². The number of amides is 1. The first-order chi connectivity index (χ1) is 9.66. The van der Waals surface area contributed by atoms with Gasteiger partial charge in [0.1, 0.15) is 0 Å². The number of rotatable bonds is 9. The van der Waals surface area contributed by atoms with Crippen LogP contribution in [0.2, 0.25) is 0 Å². The van der Waals surface area contributed by atoms with Gasteiger partial charge in [-0.15, -0.1) is 0 Å². The molecule has 2 unspecified atom stereocenters. The molecule has 0 radical (unpaired) electrons. The summed E-state index contributed by atoms with van der Waals surface area (Å²) in [5.41, 5.74) is 0.141. The zero-order chi connectivity index (χ0) is 14.6. The monoisotopic (exact) mass is 282 g/mol. The van der Waals surface area contributed by atoms with Crippen LogP contribution in [0, 0.1) is 11.3 Å². The molecule has 1 amide bonds. The standard InChI is InChI=1S/C16H30N2O2/c1-4-16(5-2)13(9-14(16)20-6-3)18-15(19)11-17-10-12-7-8-12/h12-14,17H,4-11H2,1-3H3,(H,18,19). The third-order valence-corrected chi connectivity index (χ3v) is 5.22. The molecule has 0 saturated heterocycles. The Morgan fingerprint density at radius 2 is 1.95 bits per heavy atom. The van der Waals surface area contributed by atoms with Crippen LogP contribution in [0.25, 0.3) is 0 Å². The SMILES string of the molecule is CCOC1CC(NC(=O)CNCC2CC2)C1(CC)CC. The number of hydrogen-bond acceptors (Lipinski definition) is 3. The smallest absolute Gasteiger partial charge is 0.234 e. The van der Waals surface area contributed by atoms with Crippen molar-refractivity contribution >= 4 is 5.91 Å². The second-order valence-corrected chi connectivity index (χ2v) is 6.31. The van der Waals surface area contributed by atoms with Gasteiger partial charge < -0.3 is 15.4 Å². The molecule has 2 saturated carbocycles. The second kappa shape index (κ2) is 6.90. The highest BCUT2D eigenvalue weighted by Crippen LogP contribution is 2.48. The van der Waals surface area contributed by atoms with Gasteiger partial charge in [0, 0.05) is 18.1 Å². The van der Waals surface area contributed by atoms with Crippen molar-refractivity contribution in [3.8, 4) is 0 Å². The maximum atomic E-state index is 12.0. The van der Waals surface area contributed by atoms with Crippen LogP contribution >= 0.6 is 0 Å². The maximum absolute atomic E-state index is 12.0. The summed E-state index contributed by atoms with van der Waals surface area (Å²) in [6.45, 7) is 8.67. The lowest BCUT2D eigenvalue weighted by Crippen LogP contribution is -2.65. The fourth-order valence-corrected chi connectivity index (χ4v) is 3.54. The summed E-state index contributed by atoms with van der Waals surface area (Å²) in [4.78, 5) is 12.0. The normalized spacial score (nSPS) is 27.9. The van der Waals surface area contributed by atoms with Crippen LogP contribution in [0.1, 0.15) is 52.9 Å². The molecule has 0 heterocycles. The van der Waals surface area contributed by atoms with Crippen molar-refractivity contribution in [1.82, 2.24) is 10.6 Å². The number of carbonyl (C=O) groups is 1. The first-order valence-corrected chi connectivity index (χ1v) is 8.27. The number of nitrogens with one attached hydrogen (secondary N) is 2. The molecule has 0 aliphatic heterocycles. The Morgan fingerprint density at radius 3 is 2.50 bits per heavy atom. The van der Waals surface area contributed by atoms with Gasteiger partial charge in [-0.2, -0.15) is 0 Å². The molecule has 0 aromatic carbocycles. The topological polar surface area (TPSA) is 50.4 Å². The van der Waals surface area contributed by atoms with E-state index in [-0.39, 0.29) is 17.4 Å². The molecular weight excluding hydrogens is 252 g/mol. The molecule has 2 N–H and O–H groups in total. The largest absolute Gasteiger partial charge is 0.378 e. The molecule has 4 nitrogen and oxygen atoms in total. The Bertz CT molecular complexity index is 324. The Morgan fingerprint density at radius 1 is 1.25 bits per heavy atom. The van der Waals surface area contributed by atoms with Crippen molar-refractivity contribution in [2.24, 2.45) is 11.3 Å². The van der Waals surface area contributed by atoms with Gasteiger partial charge >= 0.3 is 0 Å². The zero-order valence-corrected chi connectivity index (χ0v) is 13.2. The Hall–Kier alpha value is -0.610. The van der Waals surface area contributed by atoms with Crippen molar-refractivity contribution in [3.63, 3.8) is 0 Å². The summed E-state index contributed by atoms with van der Waals surface area (Å²) >= 11 is 0. The summed E-state index contributed by atoms with van der Waals surface area (Å²) in [6, 6.07) is 0.282. The van der Waals surface area contributed by atoms with Crippen molar-refractivity contribution in [1.29, 1.82) is 0 Å². The van der Waals surface area contributed by atoms with E-state index in [1.54, 1.807) is 0 Å². The molecule has 2 fully saturated rings. The third-order valence-electron chi connectivity index (χ3n) is 5.22. The van der Waals surface area contributed by atoms with Crippen LogP contribution in [0.4, 0.5) is 0 Å². The van der Waals surface area contributed by atoms with E-state index < -0.39 is 0 Å². The Kier molecular flexibility index (Phi) is 5.44. The summed E-state index contributed by atoms with van der Waals surface area (Å²) in [6.07, 6.45) is 6.05. The minimum absolute atomic E-state index is 0.136. The molecule has 2 aliphatic carbocycles. The molecule has 0 aromatic heterocycles. The second-order valence-electron chi connectivity index (χ2n) is 6.31. The van der Waals surface area contributed by atoms with E-state index in [1.165, 1.54) is 12.8 Å². The van der Waals surface area contributed by atoms with Crippen molar-refractivity contribution in [2.75, 3.05) is 19.7 Å². The highest BCUT2D eigenvalue weighted by atomic mass is 16.5. The predicted molar refractivity (Wildman–Crippen MR) is 80.6 cm³/mol. The number of ether oxygens (including phenoxy) is 1. The van der Waals surface area contributed by atoms with E-state index in [0.29, 0.717) is 12.6 Å².